The summed E-state index contributed by atoms with van der Waals surface area (Å²) in [5.74, 6) is -1.05. The van der Waals surface area contributed by atoms with Crippen LogP contribution in [0.15, 0.2) is 11.7 Å². The fourth-order valence-corrected chi connectivity index (χ4v) is 2.35. The van der Waals surface area contributed by atoms with Crippen molar-refractivity contribution >= 4 is 17.3 Å². The van der Waals surface area contributed by atoms with E-state index in [-0.39, 0.29) is 11.1 Å². The van der Waals surface area contributed by atoms with Gasteiger partial charge in [-0.05, 0) is 0 Å². The molecular weight excluding hydrogens is 252 g/mol. The fraction of sp³-hybridized carbons (Fsp3) is 0.455. The first-order chi connectivity index (χ1) is 8.39. The van der Waals surface area contributed by atoms with E-state index >= 15 is 0 Å². The van der Waals surface area contributed by atoms with E-state index in [4.69, 9.17) is 5.11 Å². The second kappa shape index (κ2) is 4.49. The maximum Gasteiger partial charge on any atom is 0.358 e. The Hall–Kier alpha value is -1.76. The Morgan fingerprint density at radius 3 is 2.72 bits per heavy atom. The molecule has 0 aliphatic carbocycles. The lowest BCUT2D eigenvalue weighted by atomic mass is 9.90. The van der Waals surface area contributed by atoms with Crippen molar-refractivity contribution in [2.45, 2.75) is 32.7 Å². The molecule has 0 saturated carbocycles. The van der Waals surface area contributed by atoms with Gasteiger partial charge in [-0.25, -0.2) is 9.48 Å². The van der Waals surface area contributed by atoms with E-state index in [1.807, 2.05) is 20.8 Å². The standard InChI is InChI=1S/C11H14N4O2S/c1-11(2,3)9-8(10(16)17)13-14-15(9)5-7-4-12-6-18-7/h4,6H,5H2,1-3H3,(H,16,17). The molecule has 0 fully saturated rings. The molecule has 0 unspecified atom stereocenters. The van der Waals surface area contributed by atoms with Crippen molar-refractivity contribution in [2.24, 2.45) is 0 Å². The molecule has 1 N–H and O–H groups in total. The van der Waals surface area contributed by atoms with Gasteiger partial charge in [-0.2, -0.15) is 0 Å². The van der Waals surface area contributed by atoms with E-state index in [0.29, 0.717) is 12.2 Å². The smallest absolute Gasteiger partial charge is 0.358 e. The summed E-state index contributed by atoms with van der Waals surface area (Å²) in [6.45, 7) is 6.33. The molecule has 2 heterocycles. The number of thiazole rings is 1. The highest BCUT2D eigenvalue weighted by Crippen LogP contribution is 2.25. The molecule has 2 aromatic rings. The minimum Gasteiger partial charge on any atom is -0.476 e. The summed E-state index contributed by atoms with van der Waals surface area (Å²) >= 11 is 1.51. The van der Waals surface area contributed by atoms with Crippen LogP contribution in [0, 0.1) is 0 Å². The van der Waals surface area contributed by atoms with Crippen LogP contribution in [0.2, 0.25) is 0 Å². The quantitative estimate of drug-likeness (QED) is 0.915. The maximum atomic E-state index is 11.2. The van der Waals surface area contributed by atoms with Crippen LogP contribution in [0.1, 0.15) is 41.8 Å². The summed E-state index contributed by atoms with van der Waals surface area (Å²) in [4.78, 5) is 16.2. The largest absolute Gasteiger partial charge is 0.476 e. The third-order valence-electron chi connectivity index (χ3n) is 2.44. The first-order valence-corrected chi connectivity index (χ1v) is 6.32. The van der Waals surface area contributed by atoms with Crippen molar-refractivity contribution in [1.82, 2.24) is 20.0 Å². The minimum atomic E-state index is -1.05. The van der Waals surface area contributed by atoms with Gasteiger partial charge >= 0.3 is 5.97 Å². The zero-order valence-electron chi connectivity index (χ0n) is 10.4. The van der Waals surface area contributed by atoms with Crippen molar-refractivity contribution in [3.8, 4) is 0 Å². The predicted molar refractivity (Wildman–Crippen MR) is 66.9 cm³/mol. The van der Waals surface area contributed by atoms with Crippen molar-refractivity contribution in [3.05, 3.63) is 28.0 Å². The van der Waals surface area contributed by atoms with Gasteiger partial charge in [0.25, 0.3) is 0 Å². The summed E-state index contributed by atoms with van der Waals surface area (Å²) in [5.41, 5.74) is 2.05. The summed E-state index contributed by atoms with van der Waals surface area (Å²) in [6, 6.07) is 0. The van der Waals surface area contributed by atoms with Crippen molar-refractivity contribution in [3.63, 3.8) is 0 Å². The lowest BCUT2D eigenvalue weighted by molar-refractivity contribution is 0.0687. The number of hydrogen-bond donors (Lipinski definition) is 1. The summed E-state index contributed by atoms with van der Waals surface area (Å²) < 4.78 is 1.64. The number of carboxylic acids is 1. The van der Waals surface area contributed by atoms with E-state index in [2.05, 4.69) is 15.3 Å². The molecule has 0 radical (unpaired) electrons. The minimum absolute atomic E-state index is 0.0204. The molecule has 0 saturated heterocycles. The highest BCUT2D eigenvalue weighted by Gasteiger charge is 2.28. The second-order valence-electron chi connectivity index (χ2n) is 4.97. The number of hydrogen-bond acceptors (Lipinski definition) is 5. The summed E-state index contributed by atoms with van der Waals surface area (Å²) in [5, 5.41) is 16.8. The molecule has 2 aromatic heterocycles. The molecule has 7 heteroatoms. The third-order valence-corrected chi connectivity index (χ3v) is 3.20. The van der Waals surface area contributed by atoms with Gasteiger partial charge < -0.3 is 5.11 Å². The van der Waals surface area contributed by atoms with Crippen LogP contribution in [0.4, 0.5) is 0 Å². The number of aromatic carboxylic acids is 1. The van der Waals surface area contributed by atoms with Crippen molar-refractivity contribution in [2.75, 3.05) is 0 Å². The Morgan fingerprint density at radius 2 is 2.22 bits per heavy atom. The zero-order chi connectivity index (χ0) is 13.3. The van der Waals surface area contributed by atoms with Crippen LogP contribution >= 0.6 is 11.3 Å². The van der Waals surface area contributed by atoms with Crippen molar-refractivity contribution in [1.29, 1.82) is 0 Å². The van der Waals surface area contributed by atoms with Crippen LogP contribution in [-0.2, 0) is 12.0 Å². The Bertz CT molecular complexity index is 554. The number of rotatable bonds is 3. The number of nitrogens with zero attached hydrogens (tertiary/aromatic N) is 4. The molecule has 0 spiro atoms. The molecule has 18 heavy (non-hydrogen) atoms. The lowest BCUT2D eigenvalue weighted by Gasteiger charge is -2.19. The van der Waals surface area contributed by atoms with Gasteiger partial charge in [0.1, 0.15) is 0 Å². The highest BCUT2D eigenvalue weighted by molar-refractivity contribution is 7.09. The molecule has 96 valence electrons. The van der Waals surface area contributed by atoms with E-state index in [1.54, 1.807) is 16.4 Å². The van der Waals surface area contributed by atoms with Crippen LogP contribution in [0.5, 0.6) is 0 Å². The van der Waals surface area contributed by atoms with Gasteiger partial charge in [0.15, 0.2) is 5.69 Å². The Balaban J connectivity index is 2.45. The molecular formula is C11H14N4O2S. The van der Waals surface area contributed by atoms with E-state index in [9.17, 15) is 4.79 Å². The van der Waals surface area contributed by atoms with Gasteiger partial charge in [0.2, 0.25) is 0 Å². The third kappa shape index (κ3) is 2.40. The van der Waals surface area contributed by atoms with E-state index < -0.39 is 5.97 Å². The average molecular weight is 266 g/mol. The first-order valence-electron chi connectivity index (χ1n) is 5.44. The average Bonchev–Trinajstić information content (AvgIpc) is 2.85. The van der Waals surface area contributed by atoms with Gasteiger partial charge in [-0.15, -0.1) is 16.4 Å². The highest BCUT2D eigenvalue weighted by atomic mass is 32.1. The Morgan fingerprint density at radius 1 is 1.50 bits per heavy atom. The molecule has 0 aliphatic heterocycles. The Kier molecular flexibility index (Phi) is 3.16. The zero-order valence-corrected chi connectivity index (χ0v) is 11.2. The van der Waals surface area contributed by atoms with Crippen LogP contribution in [0.25, 0.3) is 0 Å². The van der Waals surface area contributed by atoms with Crippen LogP contribution in [-0.4, -0.2) is 31.1 Å². The van der Waals surface area contributed by atoms with Gasteiger partial charge in [-0.1, -0.05) is 26.0 Å². The van der Waals surface area contributed by atoms with Gasteiger partial charge in [-0.3, -0.25) is 4.98 Å². The number of carbonyl (C=O) groups is 1. The van der Waals surface area contributed by atoms with Crippen LogP contribution < -0.4 is 0 Å². The van der Waals surface area contributed by atoms with Gasteiger partial charge in [0, 0.05) is 16.5 Å². The molecule has 0 bridgehead atoms. The van der Waals surface area contributed by atoms with Gasteiger partial charge in [0.05, 0.1) is 17.7 Å². The molecule has 0 aliphatic rings. The predicted octanol–water partition coefficient (Wildman–Crippen LogP) is 1.78. The molecule has 0 atom stereocenters. The first kappa shape index (κ1) is 12.7. The summed E-state index contributed by atoms with van der Waals surface area (Å²) in [7, 11) is 0. The maximum absolute atomic E-state index is 11.2. The SMILES string of the molecule is CC(C)(C)c1c(C(=O)O)nnn1Cc1cncs1. The monoisotopic (exact) mass is 266 g/mol. The Labute approximate surface area is 108 Å². The van der Waals surface area contributed by atoms with E-state index in [0.717, 1.165) is 4.88 Å². The van der Waals surface area contributed by atoms with Crippen LogP contribution in [0.3, 0.4) is 0 Å². The lowest BCUT2D eigenvalue weighted by Crippen LogP contribution is -2.22. The molecule has 6 nitrogen and oxygen atoms in total. The summed E-state index contributed by atoms with van der Waals surface area (Å²) in [6.07, 6.45) is 1.75. The van der Waals surface area contributed by atoms with E-state index in [1.165, 1.54) is 11.3 Å². The van der Waals surface area contributed by atoms with Crippen molar-refractivity contribution < 1.29 is 9.90 Å². The topological polar surface area (TPSA) is 80.9 Å². The number of aromatic nitrogens is 4. The molecule has 0 amide bonds. The number of carboxylic acid groups (broad SMARTS) is 1. The second-order valence-corrected chi connectivity index (χ2v) is 5.94. The fourth-order valence-electron chi connectivity index (χ4n) is 1.78. The molecule has 0 aromatic carbocycles. The molecule has 2 rings (SSSR count). The normalized spacial score (nSPS) is 11.7.